The predicted molar refractivity (Wildman–Crippen MR) is 148 cm³/mol. The molecule has 39 heavy (non-hydrogen) atoms. The molecule has 3 aliphatic rings. The first-order valence-electron chi connectivity index (χ1n) is 13.4. The summed E-state index contributed by atoms with van der Waals surface area (Å²) < 4.78 is 42.0. The summed E-state index contributed by atoms with van der Waals surface area (Å²) in [5, 5.41) is 0. The maximum Gasteiger partial charge on any atom is 0.264 e. The van der Waals surface area contributed by atoms with Crippen LogP contribution in [0.3, 0.4) is 0 Å². The summed E-state index contributed by atoms with van der Waals surface area (Å²) in [6, 6.07) is 25.7. The van der Waals surface area contributed by atoms with Gasteiger partial charge in [0.1, 0.15) is 17.3 Å². The monoisotopic (exact) mass is 543 g/mol. The SMILES string of the molecule is COC1=C2[C@H]([C@H](C)[C@@H](c3ccc(OC)cc3)N2S(=O)(=O)c2ccccc2)[C@@H]2C(=O)[C@H]1[C@H](c1ccccc1)[C@H]2C. The first kappa shape index (κ1) is 25.7. The molecule has 2 aliphatic carbocycles. The Morgan fingerprint density at radius 3 is 1.90 bits per heavy atom. The van der Waals surface area contributed by atoms with Gasteiger partial charge in [0, 0.05) is 17.8 Å². The number of carbonyl (C=O) groups is 1. The van der Waals surface area contributed by atoms with Crippen molar-refractivity contribution in [2.45, 2.75) is 30.7 Å². The Hall–Kier alpha value is -3.58. The average molecular weight is 544 g/mol. The Kier molecular flexibility index (Phi) is 6.29. The molecule has 0 amide bonds. The van der Waals surface area contributed by atoms with Crippen molar-refractivity contribution in [1.82, 2.24) is 4.31 Å². The van der Waals surface area contributed by atoms with Crippen molar-refractivity contribution >= 4 is 15.8 Å². The van der Waals surface area contributed by atoms with E-state index in [2.05, 4.69) is 26.0 Å². The third-order valence-corrected chi connectivity index (χ3v) is 10.9. The minimum Gasteiger partial charge on any atom is -0.498 e. The van der Waals surface area contributed by atoms with Crippen LogP contribution < -0.4 is 4.74 Å². The van der Waals surface area contributed by atoms with Crippen LogP contribution >= 0.6 is 0 Å². The molecule has 0 aromatic heterocycles. The molecule has 3 aromatic rings. The van der Waals surface area contributed by atoms with Crippen molar-refractivity contribution in [2.75, 3.05) is 14.2 Å². The van der Waals surface area contributed by atoms with Crippen molar-refractivity contribution in [3.63, 3.8) is 0 Å². The van der Waals surface area contributed by atoms with E-state index in [1.807, 2.05) is 42.5 Å². The molecule has 1 saturated heterocycles. The molecule has 6 nitrogen and oxygen atoms in total. The maximum absolute atomic E-state index is 14.5. The number of hydrogen-bond donors (Lipinski definition) is 0. The molecule has 202 valence electrons. The Morgan fingerprint density at radius 2 is 1.31 bits per heavy atom. The molecule has 3 aromatic carbocycles. The van der Waals surface area contributed by atoms with Gasteiger partial charge in [0.2, 0.25) is 0 Å². The highest BCUT2D eigenvalue weighted by atomic mass is 32.2. The zero-order valence-electron chi connectivity index (χ0n) is 22.5. The summed E-state index contributed by atoms with van der Waals surface area (Å²) in [5.41, 5.74) is 2.57. The highest BCUT2D eigenvalue weighted by molar-refractivity contribution is 7.89. The van der Waals surface area contributed by atoms with Gasteiger partial charge in [-0.2, -0.15) is 0 Å². The van der Waals surface area contributed by atoms with Gasteiger partial charge < -0.3 is 9.47 Å². The number of methoxy groups -OCH3 is 2. The Morgan fingerprint density at radius 1 is 0.692 bits per heavy atom. The summed E-state index contributed by atoms with van der Waals surface area (Å²) in [4.78, 5) is 14.3. The second-order valence-corrected chi connectivity index (χ2v) is 12.7. The number of ether oxygens (including phenoxy) is 2. The van der Waals surface area contributed by atoms with E-state index in [4.69, 9.17) is 9.47 Å². The Balaban J connectivity index is 1.60. The van der Waals surface area contributed by atoms with Gasteiger partial charge in [-0.1, -0.05) is 74.5 Å². The topological polar surface area (TPSA) is 72.9 Å². The Labute approximate surface area is 230 Å². The number of benzene rings is 3. The predicted octanol–water partition coefficient (Wildman–Crippen LogP) is 5.80. The molecule has 2 bridgehead atoms. The molecule has 1 saturated carbocycles. The van der Waals surface area contributed by atoms with Crippen LogP contribution in [0.15, 0.2) is 101 Å². The fourth-order valence-electron chi connectivity index (χ4n) is 7.48. The van der Waals surface area contributed by atoms with E-state index >= 15 is 0 Å². The highest BCUT2D eigenvalue weighted by Gasteiger charge is 2.65. The number of ketones is 1. The third kappa shape index (κ3) is 3.73. The van der Waals surface area contributed by atoms with Crippen LogP contribution in [0.2, 0.25) is 0 Å². The number of Topliss-reactive ketones (excluding diaryl/α,β-unsaturated/α-hetero) is 1. The van der Waals surface area contributed by atoms with Crippen LogP contribution in [-0.2, 0) is 19.6 Å². The van der Waals surface area contributed by atoms with Gasteiger partial charge in [-0.25, -0.2) is 8.42 Å². The van der Waals surface area contributed by atoms with E-state index in [-0.39, 0.29) is 40.3 Å². The van der Waals surface area contributed by atoms with Crippen molar-refractivity contribution in [3.05, 3.63) is 108 Å². The molecule has 1 heterocycles. The zero-order chi connectivity index (χ0) is 27.5. The van der Waals surface area contributed by atoms with Crippen LogP contribution in [0.5, 0.6) is 5.75 Å². The number of allylic oxidation sites excluding steroid dienone is 2. The van der Waals surface area contributed by atoms with Crippen LogP contribution in [0.1, 0.15) is 36.9 Å². The van der Waals surface area contributed by atoms with Crippen molar-refractivity contribution in [1.29, 1.82) is 0 Å². The number of fused-ring (bicyclic) bond motifs is 4. The average Bonchev–Trinajstić information content (AvgIpc) is 3.36. The van der Waals surface area contributed by atoms with Crippen molar-refractivity contribution in [2.24, 2.45) is 29.6 Å². The molecule has 0 radical (unpaired) electrons. The van der Waals surface area contributed by atoms with E-state index in [1.54, 1.807) is 48.9 Å². The van der Waals surface area contributed by atoms with Gasteiger partial charge in [-0.05, 0) is 47.2 Å². The van der Waals surface area contributed by atoms with Crippen molar-refractivity contribution in [3.8, 4) is 5.75 Å². The van der Waals surface area contributed by atoms with E-state index in [9.17, 15) is 13.2 Å². The van der Waals surface area contributed by atoms with Crippen LogP contribution in [0.25, 0.3) is 0 Å². The fourth-order valence-corrected chi connectivity index (χ4v) is 9.29. The second-order valence-electron chi connectivity index (χ2n) is 10.9. The Bertz CT molecular complexity index is 1520. The van der Waals surface area contributed by atoms with Crippen LogP contribution in [0.4, 0.5) is 0 Å². The van der Waals surface area contributed by atoms with Gasteiger partial charge in [0.25, 0.3) is 10.0 Å². The standard InChI is InChI=1S/C32H33NO5S/c1-19-25(21-11-7-5-8-12-21)28-31(34)27(19)26-20(2)29(22-15-17-23(37-3)18-16-22)33(30(26)32(28)38-4)39(35,36)24-13-9-6-10-14-24/h5-20,25-29H,1-4H3/t19-,20+,25+,26-,27-,28-,29+/m1/s1. The van der Waals surface area contributed by atoms with E-state index in [0.29, 0.717) is 17.2 Å². The van der Waals surface area contributed by atoms with Gasteiger partial charge in [-0.15, -0.1) is 0 Å². The summed E-state index contributed by atoms with van der Waals surface area (Å²) in [6.45, 7) is 4.21. The molecule has 7 atom stereocenters. The molecule has 7 heteroatoms. The van der Waals surface area contributed by atoms with Crippen LogP contribution in [0, 0.1) is 29.6 Å². The zero-order valence-corrected chi connectivity index (χ0v) is 23.3. The summed E-state index contributed by atoms with van der Waals surface area (Å²) in [5.74, 6) is -0.00468. The molecule has 0 spiro atoms. The smallest absolute Gasteiger partial charge is 0.264 e. The lowest BCUT2D eigenvalue weighted by atomic mass is 9.72. The summed E-state index contributed by atoms with van der Waals surface area (Å²) >= 11 is 0. The quantitative estimate of drug-likeness (QED) is 0.393. The molecular weight excluding hydrogens is 510 g/mol. The summed E-state index contributed by atoms with van der Waals surface area (Å²) in [7, 11) is -0.807. The lowest BCUT2D eigenvalue weighted by Crippen LogP contribution is -2.37. The van der Waals surface area contributed by atoms with Gasteiger partial charge in [-0.3, -0.25) is 9.10 Å². The second kappa shape index (κ2) is 9.56. The summed E-state index contributed by atoms with van der Waals surface area (Å²) in [6.07, 6.45) is 0. The third-order valence-electron chi connectivity index (χ3n) is 9.08. The van der Waals surface area contributed by atoms with Gasteiger partial charge in [0.05, 0.1) is 36.8 Å². The fraction of sp³-hybridized carbons (Fsp3) is 0.344. The molecular formula is C32H33NO5S. The first-order valence-corrected chi connectivity index (χ1v) is 14.9. The minimum atomic E-state index is -3.98. The van der Waals surface area contributed by atoms with Crippen LogP contribution in [-0.4, -0.2) is 32.7 Å². The molecule has 0 unspecified atom stereocenters. The minimum absolute atomic E-state index is 0.0240. The molecule has 0 N–H and O–H groups in total. The normalized spacial score (nSPS) is 29.9. The molecule has 6 rings (SSSR count). The number of sulfonamides is 1. The van der Waals surface area contributed by atoms with Crippen molar-refractivity contribution < 1.29 is 22.7 Å². The lowest BCUT2D eigenvalue weighted by molar-refractivity contribution is -0.126. The number of nitrogens with zero attached hydrogens (tertiary/aromatic N) is 1. The van der Waals surface area contributed by atoms with Gasteiger partial charge >= 0.3 is 0 Å². The largest absolute Gasteiger partial charge is 0.498 e. The number of hydrogen-bond acceptors (Lipinski definition) is 5. The van der Waals surface area contributed by atoms with E-state index < -0.39 is 22.0 Å². The number of carbonyl (C=O) groups excluding carboxylic acids is 1. The molecule has 1 aliphatic heterocycles. The number of rotatable bonds is 6. The highest BCUT2D eigenvalue weighted by Crippen LogP contribution is 2.64. The first-order chi connectivity index (χ1) is 18.8. The van der Waals surface area contributed by atoms with Gasteiger partial charge in [0.15, 0.2) is 0 Å². The molecule has 2 fully saturated rings. The lowest BCUT2D eigenvalue weighted by Gasteiger charge is -2.33. The van der Waals surface area contributed by atoms with E-state index in [1.165, 1.54) is 0 Å². The van der Waals surface area contributed by atoms with E-state index in [0.717, 1.165) is 11.1 Å². The maximum atomic E-state index is 14.5.